The first-order chi connectivity index (χ1) is 8.27. The van der Waals surface area contributed by atoms with Crippen LogP contribution in [0.3, 0.4) is 0 Å². The van der Waals surface area contributed by atoms with Gasteiger partial charge in [0.15, 0.2) is 0 Å². The minimum atomic E-state index is 0.285. The molecule has 1 N–H and O–H groups in total. The molecule has 0 aromatic heterocycles. The summed E-state index contributed by atoms with van der Waals surface area (Å²) in [5.41, 5.74) is 1.90. The van der Waals surface area contributed by atoms with E-state index in [4.69, 9.17) is 10.00 Å². The van der Waals surface area contributed by atoms with E-state index in [1.165, 1.54) is 5.56 Å². The topological polar surface area (TPSA) is 45.0 Å². The predicted molar refractivity (Wildman–Crippen MR) is 68.7 cm³/mol. The molecule has 0 fully saturated rings. The van der Waals surface area contributed by atoms with Crippen molar-refractivity contribution in [3.05, 3.63) is 35.4 Å². The fourth-order valence-electron chi connectivity index (χ4n) is 1.56. The highest BCUT2D eigenvalue weighted by atomic mass is 16.5. The van der Waals surface area contributed by atoms with Gasteiger partial charge in [-0.05, 0) is 31.0 Å². The highest BCUT2D eigenvalue weighted by Crippen LogP contribution is 2.12. The Morgan fingerprint density at radius 2 is 2.00 bits per heavy atom. The van der Waals surface area contributed by atoms with Crippen molar-refractivity contribution in [1.29, 1.82) is 5.26 Å². The van der Waals surface area contributed by atoms with Gasteiger partial charge >= 0.3 is 0 Å². The molecule has 3 nitrogen and oxygen atoms in total. The molecule has 1 aromatic rings. The average Bonchev–Trinajstić information content (AvgIpc) is 2.38. The lowest BCUT2D eigenvalue weighted by Crippen LogP contribution is -2.23. The molecular formula is C14H20N2O. The number of nitriles is 1. The summed E-state index contributed by atoms with van der Waals surface area (Å²) in [5.74, 6) is 0. The molecular weight excluding hydrogens is 212 g/mol. The number of rotatable bonds is 7. The zero-order valence-corrected chi connectivity index (χ0v) is 10.6. The summed E-state index contributed by atoms with van der Waals surface area (Å²) in [4.78, 5) is 0. The van der Waals surface area contributed by atoms with E-state index >= 15 is 0 Å². The Balaban J connectivity index is 2.31. The van der Waals surface area contributed by atoms with Crippen LogP contribution in [-0.4, -0.2) is 19.8 Å². The smallest absolute Gasteiger partial charge is 0.0991 e. The van der Waals surface area contributed by atoms with E-state index in [1.54, 1.807) is 0 Å². The van der Waals surface area contributed by atoms with E-state index in [9.17, 15) is 0 Å². The summed E-state index contributed by atoms with van der Waals surface area (Å²) in [6.45, 7) is 6.64. The zero-order chi connectivity index (χ0) is 12.5. The van der Waals surface area contributed by atoms with E-state index in [2.05, 4.69) is 25.2 Å². The Bertz CT molecular complexity index is 353. The second-order valence-corrected chi connectivity index (χ2v) is 4.02. The van der Waals surface area contributed by atoms with Crippen molar-refractivity contribution in [2.45, 2.75) is 26.3 Å². The first kappa shape index (κ1) is 13.7. The lowest BCUT2D eigenvalue weighted by atomic mass is 10.1. The predicted octanol–water partition coefficient (Wildman–Crippen LogP) is 2.64. The molecule has 0 aliphatic carbocycles. The molecule has 1 unspecified atom stereocenters. The molecule has 0 saturated carbocycles. The third kappa shape index (κ3) is 4.99. The maximum absolute atomic E-state index is 8.71. The summed E-state index contributed by atoms with van der Waals surface area (Å²) < 4.78 is 5.40. The fourth-order valence-corrected chi connectivity index (χ4v) is 1.56. The average molecular weight is 232 g/mol. The van der Waals surface area contributed by atoms with Gasteiger partial charge in [-0.2, -0.15) is 5.26 Å². The van der Waals surface area contributed by atoms with Crippen molar-refractivity contribution in [1.82, 2.24) is 5.32 Å². The Kier molecular flexibility index (Phi) is 6.31. The van der Waals surface area contributed by atoms with Crippen LogP contribution in [0.5, 0.6) is 0 Å². The van der Waals surface area contributed by atoms with E-state index in [1.807, 2.05) is 24.3 Å². The van der Waals surface area contributed by atoms with Gasteiger partial charge in [-0.25, -0.2) is 0 Å². The van der Waals surface area contributed by atoms with Gasteiger partial charge < -0.3 is 10.1 Å². The standard InChI is InChI=1S/C14H20N2O/c1-3-9-17-10-8-16-12(2)14-6-4-13(11-15)5-7-14/h4-7,12,16H,3,8-10H2,1-2H3. The largest absolute Gasteiger partial charge is 0.380 e. The maximum atomic E-state index is 8.71. The number of nitrogens with zero attached hydrogens (tertiary/aromatic N) is 1. The van der Waals surface area contributed by atoms with Crippen LogP contribution in [0.15, 0.2) is 24.3 Å². The van der Waals surface area contributed by atoms with E-state index in [0.29, 0.717) is 5.56 Å². The Morgan fingerprint density at radius 1 is 1.29 bits per heavy atom. The first-order valence-electron chi connectivity index (χ1n) is 6.09. The molecule has 17 heavy (non-hydrogen) atoms. The van der Waals surface area contributed by atoms with E-state index < -0.39 is 0 Å². The van der Waals surface area contributed by atoms with Crippen molar-refractivity contribution < 1.29 is 4.74 Å². The van der Waals surface area contributed by atoms with Crippen LogP contribution in [0, 0.1) is 11.3 Å². The van der Waals surface area contributed by atoms with Crippen LogP contribution >= 0.6 is 0 Å². The van der Waals surface area contributed by atoms with Gasteiger partial charge in [0.2, 0.25) is 0 Å². The Labute approximate surface area is 103 Å². The zero-order valence-electron chi connectivity index (χ0n) is 10.6. The monoisotopic (exact) mass is 232 g/mol. The maximum Gasteiger partial charge on any atom is 0.0991 e. The SMILES string of the molecule is CCCOCCNC(C)c1ccc(C#N)cc1. The summed E-state index contributed by atoms with van der Waals surface area (Å²) in [6, 6.07) is 10.1. The van der Waals surface area contributed by atoms with E-state index in [0.717, 1.165) is 26.2 Å². The van der Waals surface area contributed by atoms with Gasteiger partial charge in [-0.1, -0.05) is 19.1 Å². The number of benzene rings is 1. The van der Waals surface area contributed by atoms with Crippen LogP contribution in [0.4, 0.5) is 0 Å². The number of hydrogen-bond acceptors (Lipinski definition) is 3. The summed E-state index contributed by atoms with van der Waals surface area (Å²) in [5, 5.41) is 12.1. The second-order valence-electron chi connectivity index (χ2n) is 4.02. The number of ether oxygens (including phenoxy) is 1. The van der Waals surface area contributed by atoms with Gasteiger partial charge in [0.1, 0.15) is 0 Å². The molecule has 92 valence electrons. The highest BCUT2D eigenvalue weighted by molar-refractivity contribution is 5.32. The lowest BCUT2D eigenvalue weighted by Gasteiger charge is -2.14. The third-order valence-corrected chi connectivity index (χ3v) is 2.59. The molecule has 3 heteroatoms. The van der Waals surface area contributed by atoms with Crippen molar-refractivity contribution in [3.8, 4) is 6.07 Å². The van der Waals surface area contributed by atoms with Crippen LogP contribution in [0.25, 0.3) is 0 Å². The molecule has 1 aromatic carbocycles. The Hall–Kier alpha value is -1.37. The van der Waals surface area contributed by atoms with Gasteiger partial charge in [0.25, 0.3) is 0 Å². The van der Waals surface area contributed by atoms with Crippen molar-refractivity contribution in [2.75, 3.05) is 19.8 Å². The molecule has 0 aliphatic heterocycles. The fraction of sp³-hybridized carbons (Fsp3) is 0.500. The van der Waals surface area contributed by atoms with Crippen molar-refractivity contribution in [2.24, 2.45) is 0 Å². The lowest BCUT2D eigenvalue weighted by molar-refractivity contribution is 0.135. The molecule has 1 atom stereocenters. The van der Waals surface area contributed by atoms with Gasteiger partial charge in [0.05, 0.1) is 18.2 Å². The highest BCUT2D eigenvalue weighted by Gasteiger charge is 2.03. The van der Waals surface area contributed by atoms with E-state index in [-0.39, 0.29) is 6.04 Å². The minimum absolute atomic E-state index is 0.285. The molecule has 0 spiro atoms. The molecule has 0 amide bonds. The second kappa shape index (κ2) is 7.83. The van der Waals surface area contributed by atoms with Crippen LogP contribution in [0.2, 0.25) is 0 Å². The molecule has 0 radical (unpaired) electrons. The minimum Gasteiger partial charge on any atom is -0.380 e. The van der Waals surface area contributed by atoms with Crippen LogP contribution in [-0.2, 0) is 4.74 Å². The van der Waals surface area contributed by atoms with Crippen molar-refractivity contribution >= 4 is 0 Å². The molecule has 0 bridgehead atoms. The van der Waals surface area contributed by atoms with Gasteiger partial charge in [-0.15, -0.1) is 0 Å². The van der Waals surface area contributed by atoms with Gasteiger partial charge in [-0.3, -0.25) is 0 Å². The summed E-state index contributed by atoms with van der Waals surface area (Å²) in [7, 11) is 0. The summed E-state index contributed by atoms with van der Waals surface area (Å²) in [6.07, 6.45) is 1.06. The van der Waals surface area contributed by atoms with Crippen LogP contribution in [0.1, 0.15) is 37.4 Å². The van der Waals surface area contributed by atoms with Gasteiger partial charge in [0, 0.05) is 19.2 Å². The van der Waals surface area contributed by atoms with Crippen LogP contribution < -0.4 is 5.32 Å². The van der Waals surface area contributed by atoms with Crippen molar-refractivity contribution in [3.63, 3.8) is 0 Å². The number of hydrogen-bond donors (Lipinski definition) is 1. The third-order valence-electron chi connectivity index (χ3n) is 2.59. The first-order valence-corrected chi connectivity index (χ1v) is 6.09. The normalized spacial score (nSPS) is 12.1. The quantitative estimate of drug-likeness (QED) is 0.735. The molecule has 0 heterocycles. The Morgan fingerprint density at radius 3 is 2.59 bits per heavy atom. The summed E-state index contributed by atoms with van der Waals surface area (Å²) >= 11 is 0. The molecule has 0 saturated heterocycles. The number of nitrogens with one attached hydrogen (secondary N) is 1. The molecule has 1 rings (SSSR count). The molecule has 0 aliphatic rings.